The van der Waals surface area contributed by atoms with Gasteiger partial charge in [-0.1, -0.05) is 26.0 Å². The molecule has 29 heavy (non-hydrogen) atoms. The number of carbonyl (C=O) groups is 3. The van der Waals surface area contributed by atoms with Crippen LogP contribution in [0.2, 0.25) is 0 Å². The fourth-order valence-electron chi connectivity index (χ4n) is 2.32. The Hall–Kier alpha value is -3.35. The van der Waals surface area contributed by atoms with Crippen molar-refractivity contribution in [3.05, 3.63) is 59.7 Å². The predicted octanol–water partition coefficient (Wildman–Crippen LogP) is 3.23. The highest BCUT2D eigenvalue weighted by Gasteiger charge is 2.11. The summed E-state index contributed by atoms with van der Waals surface area (Å²) in [5.41, 5.74) is 1.65. The fraction of sp³-hybridized carbons (Fsp3) is 0.318. The van der Waals surface area contributed by atoms with Gasteiger partial charge in [0.2, 0.25) is 0 Å². The van der Waals surface area contributed by atoms with Gasteiger partial charge in [0.1, 0.15) is 5.75 Å². The maximum Gasteiger partial charge on any atom is 0.338 e. The quantitative estimate of drug-likeness (QED) is 0.651. The number of carbonyl (C=O) groups excluding carboxylic acids is 3. The summed E-state index contributed by atoms with van der Waals surface area (Å²) in [5, 5.41) is 2.61. The number of amides is 1. The summed E-state index contributed by atoms with van der Waals surface area (Å²) in [6.45, 7) is 3.86. The zero-order valence-electron chi connectivity index (χ0n) is 16.8. The number of ether oxygens (including phenoxy) is 3. The first-order valence-corrected chi connectivity index (χ1v) is 9.23. The Kier molecular flexibility index (Phi) is 8.21. The standard InChI is InChI=1S/C22H25NO6/c1-15(2)13-29-22(26)17-6-8-18(9-7-17)23-20(24)14-28-21(25)12-16-4-10-19(27-3)11-5-16/h4-11,15H,12-14H2,1-3H3,(H,23,24). The van der Waals surface area contributed by atoms with Gasteiger partial charge in [0.15, 0.2) is 6.61 Å². The molecule has 0 aliphatic rings. The van der Waals surface area contributed by atoms with Crippen molar-refractivity contribution in [3.63, 3.8) is 0 Å². The molecule has 7 nitrogen and oxygen atoms in total. The molecule has 2 aromatic carbocycles. The Bertz CT molecular complexity index is 827. The lowest BCUT2D eigenvalue weighted by Crippen LogP contribution is -2.21. The van der Waals surface area contributed by atoms with Crippen LogP contribution in [0.1, 0.15) is 29.8 Å². The van der Waals surface area contributed by atoms with Gasteiger partial charge < -0.3 is 19.5 Å². The maximum absolute atomic E-state index is 12.0. The van der Waals surface area contributed by atoms with E-state index in [0.717, 1.165) is 5.56 Å². The summed E-state index contributed by atoms with van der Waals surface area (Å²) in [6, 6.07) is 13.3. The molecule has 0 aliphatic carbocycles. The minimum atomic E-state index is -0.506. The van der Waals surface area contributed by atoms with Crippen molar-refractivity contribution in [3.8, 4) is 5.75 Å². The Balaban J connectivity index is 1.76. The zero-order valence-corrected chi connectivity index (χ0v) is 16.8. The molecule has 7 heteroatoms. The molecule has 0 radical (unpaired) electrons. The summed E-state index contributed by atoms with van der Waals surface area (Å²) in [5.74, 6) is -0.438. The van der Waals surface area contributed by atoms with Gasteiger partial charge in [-0.3, -0.25) is 9.59 Å². The van der Waals surface area contributed by atoms with E-state index in [1.165, 1.54) is 0 Å². The van der Waals surface area contributed by atoms with Gasteiger partial charge in [-0.2, -0.15) is 0 Å². The van der Waals surface area contributed by atoms with E-state index in [4.69, 9.17) is 14.2 Å². The van der Waals surface area contributed by atoms with Gasteiger partial charge >= 0.3 is 11.9 Å². The predicted molar refractivity (Wildman–Crippen MR) is 108 cm³/mol. The number of hydrogen-bond donors (Lipinski definition) is 1. The average molecular weight is 399 g/mol. The van der Waals surface area contributed by atoms with E-state index in [-0.39, 0.29) is 12.3 Å². The largest absolute Gasteiger partial charge is 0.497 e. The second-order valence-electron chi connectivity index (χ2n) is 6.80. The van der Waals surface area contributed by atoms with Crippen molar-refractivity contribution in [2.75, 3.05) is 25.6 Å². The third-order valence-corrected chi connectivity index (χ3v) is 3.82. The third-order valence-electron chi connectivity index (χ3n) is 3.82. The maximum atomic E-state index is 12.0. The number of esters is 2. The molecule has 0 saturated heterocycles. The van der Waals surface area contributed by atoms with Crippen molar-refractivity contribution in [1.82, 2.24) is 0 Å². The van der Waals surface area contributed by atoms with Crippen LogP contribution in [-0.4, -0.2) is 38.2 Å². The van der Waals surface area contributed by atoms with Crippen LogP contribution in [0.25, 0.3) is 0 Å². The van der Waals surface area contributed by atoms with Gasteiger partial charge in [-0.15, -0.1) is 0 Å². The molecule has 0 bridgehead atoms. The molecule has 0 saturated carbocycles. The first kappa shape index (κ1) is 21.9. The first-order valence-electron chi connectivity index (χ1n) is 9.23. The molecule has 0 unspecified atom stereocenters. The summed E-state index contributed by atoms with van der Waals surface area (Å²) < 4.78 is 15.2. The SMILES string of the molecule is COc1ccc(CC(=O)OCC(=O)Nc2ccc(C(=O)OCC(C)C)cc2)cc1. The Morgan fingerprint density at radius 3 is 2.17 bits per heavy atom. The van der Waals surface area contributed by atoms with E-state index in [1.54, 1.807) is 55.6 Å². The second-order valence-corrected chi connectivity index (χ2v) is 6.80. The van der Waals surface area contributed by atoms with E-state index < -0.39 is 24.5 Å². The van der Waals surface area contributed by atoms with Crippen LogP contribution in [-0.2, 0) is 25.5 Å². The number of hydrogen-bond acceptors (Lipinski definition) is 6. The third kappa shape index (κ3) is 7.65. The lowest BCUT2D eigenvalue weighted by atomic mass is 10.1. The van der Waals surface area contributed by atoms with Gasteiger partial charge in [0, 0.05) is 5.69 Å². The lowest BCUT2D eigenvalue weighted by Gasteiger charge is -2.09. The molecular weight excluding hydrogens is 374 g/mol. The van der Waals surface area contributed by atoms with Crippen LogP contribution in [0.3, 0.4) is 0 Å². The van der Waals surface area contributed by atoms with Crippen LogP contribution < -0.4 is 10.1 Å². The molecule has 0 spiro atoms. The highest BCUT2D eigenvalue weighted by Crippen LogP contribution is 2.13. The molecule has 0 atom stereocenters. The summed E-state index contributed by atoms with van der Waals surface area (Å²) in [6.07, 6.45) is 0.0600. The number of methoxy groups -OCH3 is 1. The number of rotatable bonds is 9. The van der Waals surface area contributed by atoms with Crippen molar-refractivity contribution in [2.45, 2.75) is 20.3 Å². The molecule has 0 fully saturated rings. The van der Waals surface area contributed by atoms with Crippen molar-refractivity contribution >= 4 is 23.5 Å². The Labute approximate surface area is 170 Å². The Morgan fingerprint density at radius 1 is 0.931 bits per heavy atom. The van der Waals surface area contributed by atoms with Crippen molar-refractivity contribution in [2.24, 2.45) is 5.92 Å². The lowest BCUT2D eigenvalue weighted by molar-refractivity contribution is -0.146. The minimum absolute atomic E-state index is 0.0600. The average Bonchev–Trinajstić information content (AvgIpc) is 2.71. The van der Waals surface area contributed by atoms with Crippen molar-refractivity contribution in [1.29, 1.82) is 0 Å². The first-order chi connectivity index (χ1) is 13.9. The molecule has 1 N–H and O–H groups in total. The van der Waals surface area contributed by atoms with Crippen LogP contribution in [0.4, 0.5) is 5.69 Å². The van der Waals surface area contributed by atoms with Crippen LogP contribution >= 0.6 is 0 Å². The number of anilines is 1. The summed E-state index contributed by atoms with van der Waals surface area (Å²) >= 11 is 0. The van der Waals surface area contributed by atoms with Gasteiger partial charge in [-0.25, -0.2) is 4.79 Å². The van der Waals surface area contributed by atoms with Crippen LogP contribution in [0.15, 0.2) is 48.5 Å². The highest BCUT2D eigenvalue weighted by atomic mass is 16.5. The summed E-state index contributed by atoms with van der Waals surface area (Å²) in [4.78, 5) is 35.7. The number of nitrogens with one attached hydrogen (secondary N) is 1. The molecule has 1 amide bonds. The van der Waals surface area contributed by atoms with E-state index in [2.05, 4.69) is 5.32 Å². The van der Waals surface area contributed by atoms with E-state index in [0.29, 0.717) is 23.6 Å². The van der Waals surface area contributed by atoms with E-state index >= 15 is 0 Å². The van der Waals surface area contributed by atoms with E-state index in [9.17, 15) is 14.4 Å². The molecule has 2 aromatic rings. The molecule has 0 aromatic heterocycles. The second kappa shape index (κ2) is 10.8. The summed E-state index contributed by atoms with van der Waals surface area (Å²) in [7, 11) is 1.56. The van der Waals surface area contributed by atoms with Crippen LogP contribution in [0, 0.1) is 5.92 Å². The van der Waals surface area contributed by atoms with Gasteiger partial charge in [-0.05, 0) is 47.9 Å². The van der Waals surface area contributed by atoms with Crippen molar-refractivity contribution < 1.29 is 28.6 Å². The van der Waals surface area contributed by atoms with Gasteiger partial charge in [0.05, 0.1) is 25.7 Å². The fourth-order valence-corrected chi connectivity index (χ4v) is 2.32. The highest BCUT2D eigenvalue weighted by molar-refractivity contribution is 5.94. The van der Waals surface area contributed by atoms with Gasteiger partial charge in [0.25, 0.3) is 5.91 Å². The van der Waals surface area contributed by atoms with E-state index in [1.807, 2.05) is 13.8 Å². The molecule has 0 aliphatic heterocycles. The van der Waals surface area contributed by atoms with Crippen LogP contribution in [0.5, 0.6) is 5.75 Å². The molecule has 2 rings (SSSR count). The topological polar surface area (TPSA) is 90.9 Å². The zero-order chi connectivity index (χ0) is 21.2. The number of benzene rings is 2. The normalized spacial score (nSPS) is 10.3. The monoisotopic (exact) mass is 399 g/mol. The Morgan fingerprint density at radius 2 is 1.59 bits per heavy atom. The molecule has 154 valence electrons. The minimum Gasteiger partial charge on any atom is -0.497 e. The smallest absolute Gasteiger partial charge is 0.338 e. The molecule has 0 heterocycles. The molecular formula is C22H25NO6.